The van der Waals surface area contributed by atoms with Crippen LogP contribution < -0.4 is 5.32 Å². The number of halogens is 1. The van der Waals surface area contributed by atoms with E-state index >= 15 is 0 Å². The Hall–Kier alpha value is -2.31. The molecule has 6 nitrogen and oxygen atoms in total. The SMILES string of the molecule is COC(=O)N1CCN(CCNC(=O)Cc2cccc3ccccc23)CC1.Cl. The number of piperazine rings is 1. The Morgan fingerprint density at radius 3 is 2.48 bits per heavy atom. The lowest BCUT2D eigenvalue weighted by molar-refractivity contribution is -0.120. The fraction of sp³-hybridized carbons (Fsp3) is 0.400. The predicted molar refractivity (Wildman–Crippen MR) is 108 cm³/mol. The average Bonchev–Trinajstić information content (AvgIpc) is 2.68. The number of fused-ring (bicyclic) bond motifs is 1. The van der Waals surface area contributed by atoms with E-state index in [1.54, 1.807) is 4.90 Å². The minimum absolute atomic E-state index is 0. The van der Waals surface area contributed by atoms with Crippen molar-refractivity contribution in [3.8, 4) is 0 Å². The van der Waals surface area contributed by atoms with E-state index in [4.69, 9.17) is 4.74 Å². The molecule has 0 radical (unpaired) electrons. The summed E-state index contributed by atoms with van der Waals surface area (Å²) < 4.78 is 4.74. The van der Waals surface area contributed by atoms with Crippen molar-refractivity contribution >= 4 is 35.2 Å². The Morgan fingerprint density at radius 1 is 1.04 bits per heavy atom. The minimum atomic E-state index is -0.270. The maximum atomic E-state index is 12.3. The van der Waals surface area contributed by atoms with Crippen LogP contribution in [0.5, 0.6) is 0 Å². The second kappa shape index (κ2) is 10.1. The monoisotopic (exact) mass is 391 g/mol. The van der Waals surface area contributed by atoms with E-state index in [0.717, 1.165) is 36.0 Å². The molecule has 2 aromatic rings. The first-order valence-corrected chi connectivity index (χ1v) is 8.96. The molecule has 0 atom stereocenters. The first-order valence-electron chi connectivity index (χ1n) is 8.96. The molecule has 2 aromatic carbocycles. The Morgan fingerprint density at radius 2 is 1.74 bits per heavy atom. The van der Waals surface area contributed by atoms with Crippen LogP contribution >= 0.6 is 12.4 Å². The fourth-order valence-electron chi connectivity index (χ4n) is 3.32. The van der Waals surface area contributed by atoms with E-state index < -0.39 is 0 Å². The first-order chi connectivity index (χ1) is 12.7. The van der Waals surface area contributed by atoms with Crippen LogP contribution in [0, 0.1) is 0 Å². The average molecular weight is 392 g/mol. The third-order valence-corrected chi connectivity index (χ3v) is 4.79. The Labute approximate surface area is 165 Å². The Bertz CT molecular complexity index is 771. The molecule has 1 saturated heterocycles. The van der Waals surface area contributed by atoms with Crippen LogP contribution in [-0.2, 0) is 16.0 Å². The van der Waals surface area contributed by atoms with Gasteiger partial charge in [-0.1, -0.05) is 42.5 Å². The number of hydrogen-bond acceptors (Lipinski definition) is 4. The smallest absolute Gasteiger partial charge is 0.409 e. The zero-order valence-electron chi connectivity index (χ0n) is 15.5. The summed E-state index contributed by atoms with van der Waals surface area (Å²) in [4.78, 5) is 27.7. The molecule has 2 amide bonds. The normalized spacial score (nSPS) is 14.5. The van der Waals surface area contributed by atoms with Gasteiger partial charge in [0.05, 0.1) is 13.5 Å². The largest absolute Gasteiger partial charge is 0.453 e. The molecule has 3 rings (SSSR count). The van der Waals surface area contributed by atoms with Gasteiger partial charge in [0.1, 0.15) is 0 Å². The van der Waals surface area contributed by atoms with Gasteiger partial charge in [0.2, 0.25) is 5.91 Å². The van der Waals surface area contributed by atoms with Gasteiger partial charge in [-0.15, -0.1) is 12.4 Å². The number of rotatable bonds is 5. The molecule has 0 spiro atoms. The summed E-state index contributed by atoms with van der Waals surface area (Å²) in [7, 11) is 1.40. The van der Waals surface area contributed by atoms with Gasteiger partial charge in [-0.3, -0.25) is 9.69 Å². The van der Waals surface area contributed by atoms with E-state index in [2.05, 4.69) is 28.4 Å². The van der Waals surface area contributed by atoms with Gasteiger partial charge >= 0.3 is 6.09 Å². The van der Waals surface area contributed by atoms with E-state index in [-0.39, 0.29) is 24.4 Å². The maximum Gasteiger partial charge on any atom is 0.409 e. The van der Waals surface area contributed by atoms with Crippen LogP contribution in [0.1, 0.15) is 5.56 Å². The summed E-state index contributed by atoms with van der Waals surface area (Å²) in [6.45, 7) is 4.33. The number of ether oxygens (including phenoxy) is 1. The number of carbonyl (C=O) groups excluding carboxylic acids is 2. The van der Waals surface area contributed by atoms with Crippen molar-refractivity contribution in [1.29, 1.82) is 0 Å². The second-order valence-electron chi connectivity index (χ2n) is 6.46. The highest BCUT2D eigenvalue weighted by atomic mass is 35.5. The molecule has 1 heterocycles. The number of hydrogen-bond donors (Lipinski definition) is 1. The van der Waals surface area contributed by atoms with E-state index in [1.807, 2.05) is 24.3 Å². The van der Waals surface area contributed by atoms with E-state index in [9.17, 15) is 9.59 Å². The molecular formula is C20H26ClN3O3. The number of benzene rings is 2. The lowest BCUT2D eigenvalue weighted by Crippen LogP contribution is -2.50. The van der Waals surface area contributed by atoms with Crippen molar-refractivity contribution in [2.45, 2.75) is 6.42 Å². The number of nitrogens with one attached hydrogen (secondary N) is 1. The molecule has 146 valence electrons. The third kappa shape index (κ3) is 5.58. The molecule has 0 aliphatic carbocycles. The quantitative estimate of drug-likeness (QED) is 0.849. The predicted octanol–water partition coefficient (Wildman–Crippen LogP) is 2.30. The van der Waals surface area contributed by atoms with Crippen molar-refractivity contribution in [1.82, 2.24) is 15.1 Å². The highest BCUT2D eigenvalue weighted by Crippen LogP contribution is 2.18. The minimum Gasteiger partial charge on any atom is -0.453 e. The maximum absolute atomic E-state index is 12.3. The highest BCUT2D eigenvalue weighted by Gasteiger charge is 2.21. The van der Waals surface area contributed by atoms with Crippen molar-refractivity contribution in [2.24, 2.45) is 0 Å². The van der Waals surface area contributed by atoms with Crippen LogP contribution in [0.3, 0.4) is 0 Å². The third-order valence-electron chi connectivity index (χ3n) is 4.79. The molecule has 0 bridgehead atoms. The second-order valence-corrected chi connectivity index (χ2v) is 6.46. The molecular weight excluding hydrogens is 366 g/mol. The summed E-state index contributed by atoms with van der Waals surface area (Å²) in [6.07, 6.45) is 0.116. The highest BCUT2D eigenvalue weighted by molar-refractivity contribution is 5.90. The number of carbonyl (C=O) groups is 2. The van der Waals surface area contributed by atoms with Gasteiger partial charge in [-0.2, -0.15) is 0 Å². The van der Waals surface area contributed by atoms with Gasteiger partial charge in [0.15, 0.2) is 0 Å². The van der Waals surface area contributed by atoms with Crippen molar-refractivity contribution in [3.05, 3.63) is 48.0 Å². The van der Waals surface area contributed by atoms with Crippen LogP contribution in [0.2, 0.25) is 0 Å². The summed E-state index contributed by atoms with van der Waals surface area (Å²) in [5.74, 6) is 0.0366. The van der Waals surface area contributed by atoms with Gasteiger partial charge in [0, 0.05) is 39.3 Å². The molecule has 1 aliphatic rings. The summed E-state index contributed by atoms with van der Waals surface area (Å²) in [5.41, 5.74) is 1.05. The topological polar surface area (TPSA) is 61.9 Å². The fourth-order valence-corrected chi connectivity index (χ4v) is 3.32. The number of amides is 2. The van der Waals surface area contributed by atoms with Crippen LogP contribution in [-0.4, -0.2) is 68.2 Å². The summed E-state index contributed by atoms with van der Waals surface area (Å²) in [5, 5.41) is 5.29. The standard InChI is InChI=1S/C20H25N3O3.ClH/c1-26-20(25)23-13-11-22(12-14-23)10-9-21-19(24)15-17-7-4-6-16-5-2-3-8-18(16)17;/h2-8H,9-15H2,1H3,(H,21,24);1H. The van der Waals surface area contributed by atoms with Crippen LogP contribution in [0.15, 0.2) is 42.5 Å². The Kier molecular flexibility index (Phi) is 7.88. The van der Waals surface area contributed by atoms with E-state index in [0.29, 0.717) is 26.1 Å². The van der Waals surface area contributed by atoms with E-state index in [1.165, 1.54) is 7.11 Å². The zero-order chi connectivity index (χ0) is 18.4. The molecule has 7 heteroatoms. The van der Waals surface area contributed by atoms with Gasteiger partial charge in [0.25, 0.3) is 0 Å². The lowest BCUT2D eigenvalue weighted by Gasteiger charge is -2.33. The number of nitrogens with zero attached hydrogens (tertiary/aromatic N) is 2. The molecule has 1 N–H and O–H groups in total. The lowest BCUT2D eigenvalue weighted by atomic mass is 10.0. The number of methoxy groups -OCH3 is 1. The molecule has 0 aromatic heterocycles. The Balaban J connectivity index is 0.00000261. The summed E-state index contributed by atoms with van der Waals surface area (Å²) >= 11 is 0. The zero-order valence-corrected chi connectivity index (χ0v) is 16.3. The van der Waals surface area contributed by atoms with Gasteiger partial charge < -0.3 is 15.0 Å². The van der Waals surface area contributed by atoms with Gasteiger partial charge in [-0.05, 0) is 16.3 Å². The molecule has 1 aliphatic heterocycles. The molecule has 27 heavy (non-hydrogen) atoms. The first kappa shape index (κ1) is 21.0. The van der Waals surface area contributed by atoms with Crippen molar-refractivity contribution in [2.75, 3.05) is 46.4 Å². The summed E-state index contributed by atoms with van der Waals surface area (Å²) in [6, 6.07) is 14.2. The van der Waals surface area contributed by atoms with Crippen LogP contribution in [0.4, 0.5) is 4.79 Å². The van der Waals surface area contributed by atoms with Crippen molar-refractivity contribution in [3.63, 3.8) is 0 Å². The molecule has 0 unspecified atom stereocenters. The van der Waals surface area contributed by atoms with Gasteiger partial charge in [-0.25, -0.2) is 4.79 Å². The van der Waals surface area contributed by atoms with Crippen molar-refractivity contribution < 1.29 is 14.3 Å². The molecule has 0 saturated carbocycles. The molecule has 1 fully saturated rings. The van der Waals surface area contributed by atoms with Crippen LogP contribution in [0.25, 0.3) is 10.8 Å².